The van der Waals surface area contributed by atoms with Crippen LogP contribution in [0.2, 0.25) is 0 Å². The second-order valence-corrected chi connectivity index (χ2v) is 13.4. The van der Waals surface area contributed by atoms with Gasteiger partial charge >= 0.3 is 20.4 Å². The number of benzene rings is 2. The topological polar surface area (TPSA) is 105 Å². The minimum Gasteiger partial charge on any atom is -0.483 e. The fourth-order valence-electron chi connectivity index (χ4n) is 6.37. The van der Waals surface area contributed by atoms with Crippen LogP contribution in [0.25, 0.3) is 0 Å². The summed E-state index contributed by atoms with van der Waals surface area (Å²) in [6, 6.07) is 14.9. The zero-order valence-corrected chi connectivity index (χ0v) is 29.2. The predicted molar refractivity (Wildman–Crippen MR) is 161 cm³/mol. The Balaban J connectivity index is 0.00000462. The Morgan fingerprint density at radius 2 is 0.927 bits per heavy atom. The third-order valence-corrected chi connectivity index (χ3v) is 9.71. The standard InChI is InChI=1S/C30H30I2O8.Pd/c1-27(2)21(23(33)39-15-17-7-11-19(31)12-8-17)29(27,25(35)37-5)30(26(36)38-6)22(28(30,3)4)24(34)40-16-18-9-13-20(32)14-10-18;/h7-14H,15-16H2,1-6H3;/q-2;+2/t29-,30-;/m1./s1. The quantitative estimate of drug-likeness (QED) is 0.111. The van der Waals surface area contributed by atoms with Crippen molar-refractivity contribution in [2.75, 3.05) is 14.2 Å². The van der Waals surface area contributed by atoms with Crippen molar-refractivity contribution in [3.05, 3.63) is 78.6 Å². The van der Waals surface area contributed by atoms with Gasteiger partial charge in [0.1, 0.15) is 13.2 Å². The van der Waals surface area contributed by atoms with Gasteiger partial charge in [0.2, 0.25) is 0 Å². The maximum Gasteiger partial charge on any atom is 2.00 e. The van der Waals surface area contributed by atoms with Gasteiger partial charge in [-0.25, -0.2) is 0 Å². The molecule has 8 nitrogen and oxygen atoms in total. The maximum atomic E-state index is 13.7. The smallest absolute Gasteiger partial charge is 0.483 e. The number of ether oxygens (including phenoxy) is 4. The summed E-state index contributed by atoms with van der Waals surface area (Å²) in [6.45, 7) is 6.60. The van der Waals surface area contributed by atoms with Crippen LogP contribution in [0.1, 0.15) is 38.8 Å². The molecule has 2 saturated carbocycles. The molecule has 2 aromatic rings. The van der Waals surface area contributed by atoms with Gasteiger partial charge < -0.3 is 18.9 Å². The van der Waals surface area contributed by atoms with Crippen LogP contribution < -0.4 is 0 Å². The van der Waals surface area contributed by atoms with Crippen LogP contribution >= 0.6 is 45.2 Å². The van der Waals surface area contributed by atoms with E-state index in [1.807, 2.05) is 48.5 Å². The first kappa shape index (κ1) is 33.7. The van der Waals surface area contributed by atoms with Crippen molar-refractivity contribution in [1.29, 1.82) is 0 Å². The molecule has 4 rings (SSSR count). The van der Waals surface area contributed by atoms with Crippen molar-refractivity contribution in [3.8, 4) is 0 Å². The van der Waals surface area contributed by atoms with Crippen molar-refractivity contribution in [1.82, 2.24) is 0 Å². The van der Waals surface area contributed by atoms with E-state index in [1.54, 1.807) is 27.7 Å². The van der Waals surface area contributed by atoms with Crippen LogP contribution in [0.4, 0.5) is 0 Å². The fourth-order valence-corrected chi connectivity index (χ4v) is 7.09. The summed E-state index contributed by atoms with van der Waals surface area (Å²) in [5.41, 5.74) is -4.51. The molecule has 2 aliphatic rings. The zero-order chi connectivity index (χ0) is 29.7. The SMILES string of the molecule is COC(=O)[C@]1([C@@]2(C(=O)OC)[C-](C(=O)OCc3ccc(I)cc3)C2(C)C)[C-](C(=O)OCc2ccc(I)cc2)C1(C)C.[Pd+2]. The summed E-state index contributed by atoms with van der Waals surface area (Å²) < 4.78 is 23.7. The average molecular weight is 879 g/mol. The first-order chi connectivity index (χ1) is 18.7. The molecule has 0 saturated heterocycles. The van der Waals surface area contributed by atoms with E-state index in [4.69, 9.17) is 18.9 Å². The summed E-state index contributed by atoms with van der Waals surface area (Å²) in [5.74, 6) is -3.03. The summed E-state index contributed by atoms with van der Waals surface area (Å²) >= 11 is 4.36. The summed E-state index contributed by atoms with van der Waals surface area (Å²) in [7, 11) is 2.37. The number of methoxy groups -OCH3 is 2. The molecule has 2 aromatic carbocycles. The van der Waals surface area contributed by atoms with Crippen molar-refractivity contribution in [2.45, 2.75) is 40.9 Å². The molecule has 0 unspecified atom stereocenters. The Morgan fingerprint density at radius 1 is 0.634 bits per heavy atom. The number of carbonyl (C=O) groups is 4. The first-order valence-corrected chi connectivity index (χ1v) is 14.7. The van der Waals surface area contributed by atoms with Crippen molar-refractivity contribution < 1.29 is 58.5 Å². The summed E-state index contributed by atoms with van der Waals surface area (Å²) in [5, 5.41) is 0. The number of carbonyl (C=O) groups excluding carboxylic acids is 4. The van der Waals surface area contributed by atoms with Crippen LogP contribution in [0, 0.1) is 40.6 Å². The van der Waals surface area contributed by atoms with Gasteiger partial charge in [-0.1, -0.05) is 62.8 Å². The van der Waals surface area contributed by atoms with Gasteiger partial charge in [-0.15, -0.1) is 10.8 Å². The molecule has 0 spiro atoms. The molecular weight excluding hydrogens is 849 g/mol. The van der Waals surface area contributed by atoms with Crippen molar-refractivity contribution in [2.24, 2.45) is 21.7 Å². The minimum absolute atomic E-state index is 0. The Labute approximate surface area is 280 Å². The molecule has 0 N–H and O–H groups in total. The molecule has 0 radical (unpaired) electrons. The fraction of sp³-hybridized carbons (Fsp3) is 0.400. The maximum absolute atomic E-state index is 13.7. The van der Waals surface area contributed by atoms with Crippen LogP contribution in [-0.4, -0.2) is 38.1 Å². The molecule has 0 aromatic heterocycles. The number of esters is 4. The van der Waals surface area contributed by atoms with Gasteiger partial charge in [0.25, 0.3) is 11.9 Å². The van der Waals surface area contributed by atoms with Crippen LogP contribution in [0.5, 0.6) is 0 Å². The van der Waals surface area contributed by atoms with E-state index in [2.05, 4.69) is 45.2 Å². The molecule has 0 bridgehead atoms. The van der Waals surface area contributed by atoms with Gasteiger partial charge in [0.05, 0.1) is 14.2 Å². The molecule has 11 heteroatoms. The molecule has 0 amide bonds. The van der Waals surface area contributed by atoms with Crippen LogP contribution in [0.3, 0.4) is 0 Å². The molecule has 222 valence electrons. The third kappa shape index (κ3) is 5.08. The summed E-state index contributed by atoms with van der Waals surface area (Å²) in [4.78, 5) is 54.5. The molecule has 2 atom stereocenters. The van der Waals surface area contributed by atoms with Gasteiger partial charge in [0, 0.05) is 7.14 Å². The number of hydrogen-bond donors (Lipinski definition) is 0. The van der Waals surface area contributed by atoms with E-state index in [0.717, 1.165) is 18.3 Å². The predicted octanol–water partition coefficient (Wildman–Crippen LogP) is 5.23. The average Bonchev–Trinajstić information content (AvgIpc) is 3.67. The van der Waals surface area contributed by atoms with Crippen LogP contribution in [0.15, 0.2) is 48.5 Å². The van der Waals surface area contributed by atoms with Gasteiger partial charge in [0.15, 0.2) is 11.9 Å². The second-order valence-electron chi connectivity index (χ2n) is 10.9. The Kier molecular flexibility index (Phi) is 9.90. The summed E-state index contributed by atoms with van der Waals surface area (Å²) in [6.07, 6.45) is 0. The number of hydrogen-bond acceptors (Lipinski definition) is 8. The van der Waals surface area contributed by atoms with Gasteiger partial charge in [-0.3, -0.25) is 31.0 Å². The largest absolute Gasteiger partial charge is 2.00 e. The van der Waals surface area contributed by atoms with E-state index in [9.17, 15) is 19.2 Å². The van der Waals surface area contributed by atoms with E-state index in [-0.39, 0.29) is 45.5 Å². The monoisotopic (exact) mass is 878 g/mol. The molecular formula is C30H30I2O8Pd. The molecule has 0 aliphatic heterocycles. The van der Waals surface area contributed by atoms with Crippen LogP contribution in [-0.2, 0) is 71.8 Å². The van der Waals surface area contributed by atoms with Gasteiger partial charge in [-0.2, -0.15) is 0 Å². The van der Waals surface area contributed by atoms with E-state index in [0.29, 0.717) is 0 Å². The Hall–Kier alpha value is -1.82. The van der Waals surface area contributed by atoms with Crippen molar-refractivity contribution >= 4 is 69.1 Å². The Morgan fingerprint density at radius 3 is 1.20 bits per heavy atom. The van der Waals surface area contributed by atoms with Crippen molar-refractivity contribution in [3.63, 3.8) is 0 Å². The normalized spacial score (nSPS) is 23.0. The zero-order valence-electron chi connectivity index (χ0n) is 23.4. The molecule has 2 aliphatic carbocycles. The first-order valence-electron chi connectivity index (χ1n) is 12.5. The number of rotatable bonds is 9. The van der Waals surface area contributed by atoms with E-state index in [1.165, 1.54) is 14.2 Å². The minimum atomic E-state index is -1.83. The second kappa shape index (κ2) is 12.1. The van der Waals surface area contributed by atoms with E-state index < -0.39 is 45.5 Å². The molecule has 41 heavy (non-hydrogen) atoms. The van der Waals surface area contributed by atoms with E-state index >= 15 is 0 Å². The molecule has 2 fully saturated rings. The third-order valence-electron chi connectivity index (χ3n) is 8.27. The molecule has 0 heterocycles. The van der Waals surface area contributed by atoms with Gasteiger partial charge in [-0.05, 0) is 80.6 Å². The number of halogens is 2. The Bertz CT molecular complexity index is 1240.